The molecule has 10 nitrogen and oxygen atoms in total. The van der Waals surface area contributed by atoms with Crippen LogP contribution in [0.5, 0.6) is 0 Å². The van der Waals surface area contributed by atoms with E-state index in [2.05, 4.69) is 20.9 Å². The molecule has 232 valence electrons. The summed E-state index contributed by atoms with van der Waals surface area (Å²) in [4.78, 5) is 29.9. The number of carbonyl (C=O) groups excluding carboxylic acids is 1. The fourth-order valence-corrected chi connectivity index (χ4v) is 7.25. The number of likely N-dealkylation sites (tertiary alicyclic amines) is 1. The van der Waals surface area contributed by atoms with Crippen molar-refractivity contribution in [3.8, 4) is 17.3 Å². The van der Waals surface area contributed by atoms with Gasteiger partial charge < -0.3 is 24.9 Å². The number of halogens is 2. The van der Waals surface area contributed by atoms with Crippen LogP contribution in [0.1, 0.15) is 28.7 Å². The van der Waals surface area contributed by atoms with E-state index in [0.29, 0.717) is 102 Å². The molecule has 0 radical (unpaired) electrons. The summed E-state index contributed by atoms with van der Waals surface area (Å²) in [7, 11) is 1.81. The molecule has 13 heteroatoms. The number of pyridine rings is 1. The average Bonchev–Trinajstić information content (AvgIpc) is 3.62. The zero-order valence-electron chi connectivity index (χ0n) is 24.6. The zero-order valence-corrected chi connectivity index (χ0v) is 25.4. The lowest BCUT2D eigenvalue weighted by Gasteiger charge is -2.40. The molecule has 2 fully saturated rings. The molecule has 3 aliphatic rings. The predicted molar refractivity (Wildman–Crippen MR) is 167 cm³/mol. The molecular weight excluding hydrogens is 600 g/mol. The third-order valence-electron chi connectivity index (χ3n) is 8.88. The van der Waals surface area contributed by atoms with Crippen LogP contribution in [-0.4, -0.2) is 94.9 Å². The Hall–Kier alpha value is -4.22. The third kappa shape index (κ3) is 5.37. The van der Waals surface area contributed by atoms with Crippen LogP contribution >= 0.6 is 11.3 Å². The molecule has 4 aromatic rings. The molecule has 0 spiro atoms. The van der Waals surface area contributed by atoms with Crippen molar-refractivity contribution < 1.29 is 23.8 Å². The molecule has 45 heavy (non-hydrogen) atoms. The number of aliphatic hydroxyl groups is 2. The van der Waals surface area contributed by atoms with E-state index in [1.807, 2.05) is 18.0 Å². The first-order valence-corrected chi connectivity index (χ1v) is 15.7. The number of amides is 1. The van der Waals surface area contributed by atoms with Gasteiger partial charge in [-0.25, -0.2) is 18.7 Å². The maximum atomic E-state index is 15.9. The first kappa shape index (κ1) is 29.5. The molecule has 2 N–H and O–H groups in total. The van der Waals surface area contributed by atoms with E-state index in [4.69, 9.17) is 4.98 Å². The van der Waals surface area contributed by atoms with E-state index in [-0.39, 0.29) is 17.2 Å². The van der Waals surface area contributed by atoms with Gasteiger partial charge in [-0.05, 0) is 49.2 Å². The molecule has 1 atom stereocenters. The second-order valence-corrected chi connectivity index (χ2v) is 12.7. The Bertz CT molecular complexity index is 1830. The Morgan fingerprint density at radius 2 is 1.84 bits per heavy atom. The number of piperazine rings is 1. The summed E-state index contributed by atoms with van der Waals surface area (Å²) in [6.45, 7) is 3.51. The molecule has 1 aliphatic carbocycles. The molecule has 0 unspecified atom stereocenters. The highest BCUT2D eigenvalue weighted by atomic mass is 32.1. The number of benzene rings is 2. The van der Waals surface area contributed by atoms with Crippen LogP contribution in [0, 0.1) is 23.0 Å². The second kappa shape index (κ2) is 11.6. The van der Waals surface area contributed by atoms with Crippen molar-refractivity contribution in [2.45, 2.75) is 25.0 Å². The number of thiazole rings is 1. The molecule has 2 aliphatic heterocycles. The number of hydrogen-bond donors (Lipinski definition) is 2. The molecule has 2 aromatic carbocycles. The minimum absolute atomic E-state index is 0.00428. The van der Waals surface area contributed by atoms with E-state index in [1.165, 1.54) is 29.5 Å². The molecule has 2 aromatic heterocycles. The SMILES string of the molecule is CN(c1nc(-c2ccc(F)cc2)c(C#N)s1)c1c2c(nc3c(F)cc(N4CCN(CC(=O)N5CC(O)C5)CC4)cc13)[C@@H](O)CC2. The Balaban J connectivity index is 1.22. The number of aliphatic hydroxyl groups excluding tert-OH is 2. The van der Waals surface area contributed by atoms with Crippen molar-refractivity contribution >= 4 is 44.7 Å². The van der Waals surface area contributed by atoms with E-state index in [0.717, 1.165) is 5.56 Å². The number of aromatic nitrogens is 2. The van der Waals surface area contributed by atoms with Crippen molar-refractivity contribution in [3.05, 3.63) is 64.2 Å². The monoisotopic (exact) mass is 631 g/mol. The van der Waals surface area contributed by atoms with E-state index >= 15 is 4.39 Å². The minimum Gasteiger partial charge on any atom is -0.389 e. The summed E-state index contributed by atoms with van der Waals surface area (Å²) in [5.74, 6) is -0.885. The number of β-amino-alcohol motifs (C(OH)–C–C–N with tert-alkyl or cyclic N) is 1. The van der Waals surface area contributed by atoms with Crippen LogP contribution in [0.2, 0.25) is 0 Å². The molecule has 1 amide bonds. The van der Waals surface area contributed by atoms with Crippen molar-refractivity contribution in [3.63, 3.8) is 0 Å². The lowest BCUT2D eigenvalue weighted by Crippen LogP contribution is -2.57. The number of fused-ring (bicyclic) bond motifs is 2. The molecule has 4 heterocycles. The highest BCUT2D eigenvalue weighted by Gasteiger charge is 2.33. The van der Waals surface area contributed by atoms with Crippen LogP contribution in [0.4, 0.5) is 25.3 Å². The number of nitriles is 1. The van der Waals surface area contributed by atoms with Crippen molar-refractivity contribution in [1.29, 1.82) is 5.26 Å². The Morgan fingerprint density at radius 1 is 1.11 bits per heavy atom. The summed E-state index contributed by atoms with van der Waals surface area (Å²) >= 11 is 1.19. The van der Waals surface area contributed by atoms with Crippen LogP contribution in [0.15, 0.2) is 36.4 Å². The van der Waals surface area contributed by atoms with E-state index in [1.54, 1.807) is 17.0 Å². The quantitative estimate of drug-likeness (QED) is 0.329. The van der Waals surface area contributed by atoms with Gasteiger partial charge in [0.05, 0.1) is 30.1 Å². The van der Waals surface area contributed by atoms with Gasteiger partial charge in [-0.2, -0.15) is 5.26 Å². The van der Waals surface area contributed by atoms with Crippen LogP contribution in [0.25, 0.3) is 22.2 Å². The fraction of sp³-hybridized carbons (Fsp3) is 0.375. The number of nitrogens with zero attached hydrogens (tertiary/aromatic N) is 7. The van der Waals surface area contributed by atoms with Gasteiger partial charge in [0.2, 0.25) is 5.91 Å². The normalized spacial score (nSPS) is 18.6. The molecule has 0 saturated carbocycles. The molecule has 2 saturated heterocycles. The van der Waals surface area contributed by atoms with E-state index in [9.17, 15) is 24.7 Å². The first-order valence-electron chi connectivity index (χ1n) is 14.9. The van der Waals surface area contributed by atoms with Crippen molar-refractivity contribution in [1.82, 2.24) is 19.8 Å². The van der Waals surface area contributed by atoms with Gasteiger partial charge in [0.15, 0.2) is 10.9 Å². The minimum atomic E-state index is -0.813. The Morgan fingerprint density at radius 3 is 2.53 bits per heavy atom. The number of anilines is 3. The summed E-state index contributed by atoms with van der Waals surface area (Å²) < 4.78 is 29.5. The van der Waals surface area contributed by atoms with Gasteiger partial charge in [-0.1, -0.05) is 11.3 Å². The van der Waals surface area contributed by atoms with Gasteiger partial charge in [-0.15, -0.1) is 0 Å². The largest absolute Gasteiger partial charge is 0.389 e. The highest BCUT2D eigenvalue weighted by Crippen LogP contribution is 2.45. The standard InChI is InChI=1S/C32H31F2N7O3S/c1-38(32-37-28(26(14-35)45-32)18-2-4-19(33)5-3-18)31-22-6-7-25(43)30(22)36-29-23(31)12-20(13-24(29)34)40-10-8-39(9-11-40)17-27(44)41-15-21(42)16-41/h2-5,12-13,21,25,42-43H,6-11,15-17H2,1H3/t25-/m0/s1. The number of rotatable bonds is 6. The van der Waals surface area contributed by atoms with E-state index < -0.39 is 18.0 Å². The topological polar surface area (TPSA) is 120 Å². The van der Waals surface area contributed by atoms with Crippen molar-refractivity contribution in [2.75, 3.05) is 62.7 Å². The lowest BCUT2D eigenvalue weighted by atomic mass is 10.0. The molecule has 7 rings (SSSR count). The summed E-state index contributed by atoms with van der Waals surface area (Å²) in [6.07, 6.45) is -0.232. The summed E-state index contributed by atoms with van der Waals surface area (Å²) in [5.41, 5.74) is 3.82. The molecule has 0 bridgehead atoms. The summed E-state index contributed by atoms with van der Waals surface area (Å²) in [6, 6.07) is 11.4. The zero-order chi connectivity index (χ0) is 31.4. The number of carbonyl (C=O) groups is 1. The van der Waals surface area contributed by atoms with Gasteiger partial charge in [-0.3, -0.25) is 9.69 Å². The van der Waals surface area contributed by atoms with Crippen LogP contribution < -0.4 is 9.80 Å². The van der Waals surface area contributed by atoms with Gasteiger partial charge in [0, 0.05) is 68.5 Å². The Kier molecular flexibility index (Phi) is 7.61. The smallest absolute Gasteiger partial charge is 0.236 e. The summed E-state index contributed by atoms with van der Waals surface area (Å²) in [5, 5.41) is 31.2. The predicted octanol–water partition coefficient (Wildman–Crippen LogP) is 3.58. The fourth-order valence-electron chi connectivity index (χ4n) is 6.40. The lowest BCUT2D eigenvalue weighted by molar-refractivity contribution is -0.142. The molecular formula is C32H31F2N7O3S. The highest BCUT2D eigenvalue weighted by molar-refractivity contribution is 7.16. The van der Waals surface area contributed by atoms with Gasteiger partial charge in [0.25, 0.3) is 0 Å². The van der Waals surface area contributed by atoms with Gasteiger partial charge >= 0.3 is 0 Å². The van der Waals surface area contributed by atoms with Crippen LogP contribution in [-0.2, 0) is 11.2 Å². The van der Waals surface area contributed by atoms with Crippen molar-refractivity contribution in [2.24, 2.45) is 0 Å². The van der Waals surface area contributed by atoms with Crippen LogP contribution in [0.3, 0.4) is 0 Å². The Labute approximate surface area is 262 Å². The second-order valence-electron chi connectivity index (χ2n) is 11.8. The average molecular weight is 632 g/mol. The first-order chi connectivity index (χ1) is 21.7. The van der Waals surface area contributed by atoms with Gasteiger partial charge in [0.1, 0.15) is 28.0 Å². The maximum Gasteiger partial charge on any atom is 0.236 e. The maximum absolute atomic E-state index is 15.9. The number of hydrogen-bond acceptors (Lipinski definition) is 10. The third-order valence-corrected chi connectivity index (χ3v) is 9.92.